The van der Waals surface area contributed by atoms with Gasteiger partial charge in [-0.3, -0.25) is 9.59 Å². The Hall–Kier alpha value is -1.34. The van der Waals surface area contributed by atoms with E-state index in [4.69, 9.17) is 0 Å². The smallest absolute Gasteiger partial charge is 0.251 e. The zero-order chi connectivity index (χ0) is 19.9. The summed E-state index contributed by atoms with van der Waals surface area (Å²) in [6.45, 7) is 7.70. The lowest BCUT2D eigenvalue weighted by Crippen LogP contribution is -2.39. The fourth-order valence-corrected chi connectivity index (χ4v) is 4.49. The molecule has 2 saturated heterocycles. The minimum atomic E-state index is -0.0739. The molecule has 2 bridgehead atoms. The predicted molar refractivity (Wildman–Crippen MR) is 127 cm³/mol. The summed E-state index contributed by atoms with van der Waals surface area (Å²) in [4.78, 5) is 26.9. The van der Waals surface area contributed by atoms with Gasteiger partial charge >= 0.3 is 0 Å². The third-order valence-electron chi connectivity index (χ3n) is 6.08. The molecule has 170 valence electrons. The summed E-state index contributed by atoms with van der Waals surface area (Å²) in [6.07, 6.45) is 5.30. The zero-order valence-electron chi connectivity index (χ0n) is 18.0. The van der Waals surface area contributed by atoms with Gasteiger partial charge < -0.3 is 20.9 Å². The molecule has 2 aliphatic rings. The highest BCUT2D eigenvalue weighted by atomic mass is 35.5. The van der Waals surface area contributed by atoms with E-state index in [2.05, 4.69) is 34.7 Å². The molecule has 0 aliphatic carbocycles. The Morgan fingerprint density at radius 1 is 1.03 bits per heavy atom. The fourth-order valence-electron chi connectivity index (χ4n) is 4.49. The average molecular weight is 459 g/mol. The van der Waals surface area contributed by atoms with Gasteiger partial charge in [-0.1, -0.05) is 13.8 Å². The second-order valence-corrected chi connectivity index (χ2v) is 8.09. The lowest BCUT2D eigenvalue weighted by atomic mass is 9.89. The number of carbonyl (C=O) groups is 2. The largest absolute Gasteiger partial charge is 0.351 e. The maximum Gasteiger partial charge on any atom is 0.251 e. The van der Waals surface area contributed by atoms with Crippen LogP contribution in [0.2, 0.25) is 0 Å². The Kier molecular flexibility index (Phi) is 11.7. The Balaban J connectivity index is 0.00000225. The van der Waals surface area contributed by atoms with Gasteiger partial charge in [-0.15, -0.1) is 24.8 Å². The first-order valence-electron chi connectivity index (χ1n) is 10.7. The van der Waals surface area contributed by atoms with Crippen LogP contribution in [0.3, 0.4) is 0 Å². The first-order chi connectivity index (χ1) is 13.6. The molecule has 0 spiro atoms. The molecule has 0 aromatic heterocycles. The number of rotatable bonds is 9. The third-order valence-corrected chi connectivity index (χ3v) is 6.08. The van der Waals surface area contributed by atoms with Crippen LogP contribution in [0.15, 0.2) is 24.3 Å². The molecule has 2 unspecified atom stereocenters. The van der Waals surface area contributed by atoms with Crippen molar-refractivity contribution in [3.05, 3.63) is 29.8 Å². The Bertz CT molecular complexity index is 656. The fraction of sp³-hybridized carbons (Fsp3) is 0.636. The van der Waals surface area contributed by atoms with Gasteiger partial charge in [-0.2, -0.15) is 0 Å². The minimum Gasteiger partial charge on any atom is -0.351 e. The van der Waals surface area contributed by atoms with E-state index >= 15 is 0 Å². The number of nitrogens with one attached hydrogen (secondary N) is 3. The number of nitrogens with zero attached hydrogens (tertiary/aromatic N) is 1. The van der Waals surface area contributed by atoms with Crippen molar-refractivity contribution in [3.63, 3.8) is 0 Å². The van der Waals surface area contributed by atoms with Gasteiger partial charge in [0, 0.05) is 42.8 Å². The maximum absolute atomic E-state index is 12.4. The van der Waals surface area contributed by atoms with Crippen LogP contribution in [0, 0.1) is 5.92 Å². The Morgan fingerprint density at radius 3 is 2.20 bits per heavy atom. The molecule has 2 amide bonds. The first kappa shape index (κ1) is 26.7. The Labute approximate surface area is 192 Å². The van der Waals surface area contributed by atoms with Crippen molar-refractivity contribution < 1.29 is 9.59 Å². The quantitative estimate of drug-likeness (QED) is 0.529. The first-order valence-corrected chi connectivity index (χ1v) is 10.7. The molecule has 3 N–H and O–H groups in total. The van der Waals surface area contributed by atoms with Crippen LogP contribution >= 0.6 is 24.8 Å². The van der Waals surface area contributed by atoms with E-state index in [0.717, 1.165) is 38.2 Å². The molecule has 2 aliphatic heterocycles. The van der Waals surface area contributed by atoms with Crippen molar-refractivity contribution in [1.82, 2.24) is 15.5 Å². The topological polar surface area (TPSA) is 73.5 Å². The van der Waals surface area contributed by atoms with Gasteiger partial charge in [0.05, 0.1) is 0 Å². The highest BCUT2D eigenvalue weighted by Gasteiger charge is 2.34. The third kappa shape index (κ3) is 7.73. The monoisotopic (exact) mass is 458 g/mol. The molecule has 2 heterocycles. The lowest BCUT2D eigenvalue weighted by molar-refractivity contribution is -0.117. The number of piperidine rings is 1. The van der Waals surface area contributed by atoms with E-state index < -0.39 is 0 Å². The average Bonchev–Trinajstić information content (AvgIpc) is 3.03. The molecule has 1 aromatic carbocycles. The van der Waals surface area contributed by atoms with Crippen molar-refractivity contribution >= 4 is 42.3 Å². The van der Waals surface area contributed by atoms with Crippen LogP contribution in [0.5, 0.6) is 0 Å². The number of likely N-dealkylation sites (N-methyl/N-ethyl adjacent to an activating group) is 1. The van der Waals surface area contributed by atoms with Gasteiger partial charge in [0.15, 0.2) is 0 Å². The summed E-state index contributed by atoms with van der Waals surface area (Å²) < 4.78 is 0. The van der Waals surface area contributed by atoms with Crippen molar-refractivity contribution in [2.24, 2.45) is 5.92 Å². The lowest BCUT2D eigenvalue weighted by Gasteiger charge is -2.28. The molecule has 6 nitrogen and oxygen atoms in total. The SMILES string of the molecule is CCN(CC)CCNC(=O)c1ccc(NC(=O)CC2CC3CCC(C2)N3)cc1.Cl.Cl. The molecule has 8 heteroatoms. The van der Waals surface area contributed by atoms with Crippen LogP contribution in [-0.2, 0) is 4.79 Å². The van der Waals surface area contributed by atoms with Crippen LogP contribution in [0.1, 0.15) is 56.3 Å². The molecular weight excluding hydrogens is 423 g/mol. The van der Waals surface area contributed by atoms with Crippen molar-refractivity contribution in [2.75, 3.05) is 31.5 Å². The number of carbonyl (C=O) groups excluding carboxylic acids is 2. The molecular formula is C22H36Cl2N4O2. The van der Waals surface area contributed by atoms with E-state index in [0.29, 0.717) is 36.5 Å². The molecule has 3 rings (SSSR count). The number of hydrogen-bond acceptors (Lipinski definition) is 4. The van der Waals surface area contributed by atoms with Crippen LogP contribution in [0.4, 0.5) is 5.69 Å². The van der Waals surface area contributed by atoms with E-state index in [1.165, 1.54) is 12.8 Å². The molecule has 2 atom stereocenters. The van der Waals surface area contributed by atoms with E-state index in [1.54, 1.807) is 12.1 Å². The summed E-state index contributed by atoms with van der Waals surface area (Å²) in [5.74, 6) is 0.479. The molecule has 2 fully saturated rings. The van der Waals surface area contributed by atoms with Crippen molar-refractivity contribution in [3.8, 4) is 0 Å². The van der Waals surface area contributed by atoms with E-state index in [-0.39, 0.29) is 36.6 Å². The van der Waals surface area contributed by atoms with Crippen molar-refractivity contribution in [1.29, 1.82) is 0 Å². The molecule has 0 saturated carbocycles. The van der Waals surface area contributed by atoms with Crippen LogP contribution in [0.25, 0.3) is 0 Å². The second kappa shape index (κ2) is 13.2. The highest BCUT2D eigenvalue weighted by molar-refractivity contribution is 5.95. The highest BCUT2D eigenvalue weighted by Crippen LogP contribution is 2.32. The van der Waals surface area contributed by atoms with Gasteiger partial charge in [-0.05, 0) is 69.0 Å². The summed E-state index contributed by atoms with van der Waals surface area (Å²) in [5, 5.41) is 9.55. The molecule has 0 radical (unpaired) electrons. The maximum atomic E-state index is 12.4. The number of fused-ring (bicyclic) bond motifs is 2. The number of hydrogen-bond donors (Lipinski definition) is 3. The van der Waals surface area contributed by atoms with Gasteiger partial charge in [0.2, 0.25) is 5.91 Å². The summed E-state index contributed by atoms with van der Waals surface area (Å²) in [5.41, 5.74) is 1.37. The van der Waals surface area contributed by atoms with Crippen LogP contribution < -0.4 is 16.0 Å². The van der Waals surface area contributed by atoms with Crippen LogP contribution in [-0.4, -0.2) is 55.0 Å². The predicted octanol–water partition coefficient (Wildman–Crippen LogP) is 3.46. The Morgan fingerprint density at radius 2 is 1.63 bits per heavy atom. The molecule has 30 heavy (non-hydrogen) atoms. The van der Waals surface area contributed by atoms with Gasteiger partial charge in [0.1, 0.15) is 0 Å². The number of amides is 2. The summed E-state index contributed by atoms with van der Waals surface area (Å²) in [7, 11) is 0. The van der Waals surface area contributed by atoms with E-state index in [9.17, 15) is 9.59 Å². The van der Waals surface area contributed by atoms with Gasteiger partial charge in [0.25, 0.3) is 5.91 Å². The molecule has 1 aromatic rings. The van der Waals surface area contributed by atoms with Crippen molar-refractivity contribution in [2.45, 2.75) is 58.0 Å². The number of benzene rings is 1. The summed E-state index contributed by atoms with van der Waals surface area (Å²) in [6, 6.07) is 8.37. The van der Waals surface area contributed by atoms with Gasteiger partial charge in [-0.25, -0.2) is 0 Å². The number of anilines is 1. The normalized spacial score (nSPS) is 22.0. The zero-order valence-corrected chi connectivity index (χ0v) is 19.6. The summed E-state index contributed by atoms with van der Waals surface area (Å²) >= 11 is 0. The number of halogens is 2. The van der Waals surface area contributed by atoms with E-state index in [1.807, 2.05) is 12.1 Å². The standard InChI is InChI=1S/C22H34N4O2.2ClH/c1-3-26(4-2)12-11-23-22(28)17-5-7-18(8-6-17)25-21(27)15-16-13-19-9-10-20(14-16)24-19;;/h5-8,16,19-20,24H,3-4,9-15H2,1-2H3,(H,23,28)(H,25,27);2*1H. The minimum absolute atomic E-state index is 0. The second-order valence-electron chi connectivity index (χ2n) is 8.09.